The molecular weight excluding hydrogens is 246 g/mol. The minimum Gasteiger partial charge on any atom is -0.296 e. The maximum atomic E-state index is 6.34. The van der Waals surface area contributed by atoms with Crippen molar-refractivity contribution in [2.45, 2.75) is 58.0 Å². The van der Waals surface area contributed by atoms with Gasteiger partial charge in [-0.25, -0.2) is 9.97 Å². The molecule has 0 atom stereocenters. The zero-order chi connectivity index (χ0) is 12.7. The molecule has 0 bridgehead atoms. The van der Waals surface area contributed by atoms with Gasteiger partial charge in [-0.1, -0.05) is 31.9 Å². The topological polar surface area (TPSA) is 29.0 Å². The summed E-state index contributed by atoms with van der Waals surface area (Å²) in [7, 11) is 0. The molecule has 1 aromatic heterocycles. The summed E-state index contributed by atoms with van der Waals surface area (Å²) in [5, 5.41) is 0.674. The van der Waals surface area contributed by atoms with Crippen molar-refractivity contribution in [1.82, 2.24) is 14.9 Å². The van der Waals surface area contributed by atoms with Crippen LogP contribution >= 0.6 is 11.6 Å². The van der Waals surface area contributed by atoms with Gasteiger partial charge in [0.15, 0.2) is 0 Å². The van der Waals surface area contributed by atoms with Crippen LogP contribution in [0.25, 0.3) is 0 Å². The molecule has 0 spiro atoms. The lowest BCUT2D eigenvalue weighted by Gasteiger charge is -2.40. The van der Waals surface area contributed by atoms with Gasteiger partial charge in [-0.3, -0.25) is 4.90 Å². The van der Waals surface area contributed by atoms with Crippen molar-refractivity contribution in [3.8, 4) is 0 Å². The van der Waals surface area contributed by atoms with Crippen LogP contribution in [0.3, 0.4) is 0 Å². The smallest absolute Gasteiger partial charge is 0.137 e. The molecule has 3 rings (SSSR count). The van der Waals surface area contributed by atoms with Crippen molar-refractivity contribution < 1.29 is 0 Å². The Hall–Kier alpha value is -0.670. The Kier molecular flexibility index (Phi) is 3.29. The molecule has 0 aromatic carbocycles. The maximum Gasteiger partial charge on any atom is 0.137 e. The molecule has 98 valence electrons. The van der Waals surface area contributed by atoms with Crippen LogP contribution in [0.4, 0.5) is 0 Å². The van der Waals surface area contributed by atoms with Crippen LogP contribution in [0.15, 0.2) is 0 Å². The van der Waals surface area contributed by atoms with Crippen molar-refractivity contribution in [3.05, 3.63) is 22.2 Å². The second-order valence-electron chi connectivity index (χ2n) is 5.76. The van der Waals surface area contributed by atoms with E-state index in [-0.39, 0.29) is 0 Å². The molecule has 1 aliphatic carbocycles. The fourth-order valence-corrected chi connectivity index (χ4v) is 2.99. The number of nitrogens with zero attached hydrogens (tertiary/aromatic N) is 3. The minimum absolute atomic E-state index is 0.345. The normalized spacial score (nSPS) is 20.9. The molecule has 2 aliphatic rings. The summed E-state index contributed by atoms with van der Waals surface area (Å²) in [6.45, 7) is 6.29. The largest absolute Gasteiger partial charge is 0.296 e. The van der Waals surface area contributed by atoms with Crippen LogP contribution in [-0.2, 0) is 13.0 Å². The van der Waals surface area contributed by atoms with Crippen LogP contribution in [-0.4, -0.2) is 27.5 Å². The van der Waals surface area contributed by atoms with Crippen LogP contribution in [0.2, 0.25) is 5.15 Å². The molecule has 0 unspecified atom stereocenters. The standard InChI is InChI=1S/C14H20ClN3/c1-9(2)14-16-12-6-7-18(10-4-3-5-10)8-11(12)13(15)17-14/h9-10H,3-8H2,1-2H3. The number of aromatic nitrogens is 2. The molecule has 0 amide bonds. The van der Waals surface area contributed by atoms with Gasteiger partial charge in [0.1, 0.15) is 11.0 Å². The van der Waals surface area contributed by atoms with Crippen molar-refractivity contribution in [2.75, 3.05) is 6.54 Å². The quantitative estimate of drug-likeness (QED) is 0.769. The van der Waals surface area contributed by atoms with Gasteiger partial charge in [0.2, 0.25) is 0 Å². The lowest BCUT2D eigenvalue weighted by molar-refractivity contribution is 0.112. The van der Waals surface area contributed by atoms with Gasteiger partial charge in [0, 0.05) is 37.0 Å². The number of halogens is 1. The van der Waals surface area contributed by atoms with Gasteiger partial charge in [-0.05, 0) is 12.8 Å². The molecule has 1 saturated carbocycles. The SMILES string of the molecule is CC(C)c1nc(Cl)c2c(n1)CCN(C1CCC1)C2. The number of rotatable bonds is 2. The number of hydrogen-bond acceptors (Lipinski definition) is 3. The van der Waals surface area contributed by atoms with Gasteiger partial charge in [-0.2, -0.15) is 0 Å². The molecule has 2 heterocycles. The summed E-state index contributed by atoms with van der Waals surface area (Å²) in [4.78, 5) is 11.7. The second kappa shape index (κ2) is 4.78. The predicted molar refractivity (Wildman–Crippen MR) is 72.9 cm³/mol. The van der Waals surface area contributed by atoms with Crippen molar-refractivity contribution in [3.63, 3.8) is 0 Å². The molecule has 1 fully saturated rings. The Balaban J connectivity index is 1.86. The molecule has 4 heteroatoms. The lowest BCUT2D eigenvalue weighted by Crippen LogP contribution is -2.43. The summed E-state index contributed by atoms with van der Waals surface area (Å²) in [6.07, 6.45) is 5.09. The highest BCUT2D eigenvalue weighted by molar-refractivity contribution is 6.30. The van der Waals surface area contributed by atoms with E-state index in [0.717, 1.165) is 31.4 Å². The van der Waals surface area contributed by atoms with Crippen LogP contribution < -0.4 is 0 Å². The Morgan fingerprint density at radius 1 is 1.28 bits per heavy atom. The monoisotopic (exact) mass is 265 g/mol. The molecule has 0 radical (unpaired) electrons. The average molecular weight is 266 g/mol. The lowest BCUT2D eigenvalue weighted by atomic mass is 9.89. The first-order chi connectivity index (χ1) is 8.65. The van der Waals surface area contributed by atoms with Gasteiger partial charge in [-0.15, -0.1) is 0 Å². The summed E-state index contributed by atoms with van der Waals surface area (Å²) in [5.74, 6) is 1.23. The Bertz CT molecular complexity index is 455. The Morgan fingerprint density at radius 3 is 2.67 bits per heavy atom. The van der Waals surface area contributed by atoms with Crippen molar-refractivity contribution >= 4 is 11.6 Å². The number of fused-ring (bicyclic) bond motifs is 1. The van der Waals surface area contributed by atoms with Gasteiger partial charge >= 0.3 is 0 Å². The van der Waals surface area contributed by atoms with E-state index in [9.17, 15) is 0 Å². The maximum absolute atomic E-state index is 6.34. The third-order valence-corrected chi connectivity index (χ3v) is 4.48. The summed E-state index contributed by atoms with van der Waals surface area (Å²) in [5.41, 5.74) is 2.34. The highest BCUT2D eigenvalue weighted by Gasteiger charge is 2.30. The molecule has 3 nitrogen and oxygen atoms in total. The van der Waals surface area contributed by atoms with Gasteiger partial charge < -0.3 is 0 Å². The third-order valence-electron chi connectivity index (χ3n) is 4.16. The first-order valence-electron chi connectivity index (χ1n) is 6.94. The first kappa shape index (κ1) is 12.4. The summed E-state index contributed by atoms with van der Waals surface area (Å²) >= 11 is 6.34. The van der Waals surface area contributed by atoms with Crippen LogP contribution in [0.1, 0.15) is 56.1 Å². The van der Waals surface area contributed by atoms with Gasteiger partial charge in [0.05, 0.1) is 5.69 Å². The number of hydrogen-bond donors (Lipinski definition) is 0. The molecule has 0 saturated heterocycles. The second-order valence-corrected chi connectivity index (χ2v) is 6.12. The van der Waals surface area contributed by atoms with E-state index in [1.165, 1.54) is 30.5 Å². The average Bonchev–Trinajstić information content (AvgIpc) is 2.27. The van der Waals surface area contributed by atoms with E-state index in [1.54, 1.807) is 0 Å². The van der Waals surface area contributed by atoms with Crippen molar-refractivity contribution in [2.24, 2.45) is 0 Å². The van der Waals surface area contributed by atoms with E-state index in [4.69, 9.17) is 11.6 Å². The highest BCUT2D eigenvalue weighted by atomic mass is 35.5. The summed E-state index contributed by atoms with van der Waals surface area (Å²) < 4.78 is 0. The van der Waals surface area contributed by atoms with E-state index in [0.29, 0.717) is 11.1 Å². The van der Waals surface area contributed by atoms with E-state index in [2.05, 4.69) is 28.7 Å². The minimum atomic E-state index is 0.345. The predicted octanol–water partition coefficient (Wildman–Crippen LogP) is 3.16. The highest BCUT2D eigenvalue weighted by Crippen LogP contribution is 2.31. The Morgan fingerprint density at radius 2 is 2.06 bits per heavy atom. The first-order valence-corrected chi connectivity index (χ1v) is 7.32. The third kappa shape index (κ3) is 2.14. The van der Waals surface area contributed by atoms with Crippen LogP contribution in [0.5, 0.6) is 0 Å². The molecule has 18 heavy (non-hydrogen) atoms. The van der Waals surface area contributed by atoms with Crippen LogP contribution in [0, 0.1) is 0 Å². The molecular formula is C14H20ClN3. The van der Waals surface area contributed by atoms with E-state index < -0.39 is 0 Å². The van der Waals surface area contributed by atoms with Gasteiger partial charge in [0.25, 0.3) is 0 Å². The zero-order valence-electron chi connectivity index (χ0n) is 11.1. The molecule has 1 aromatic rings. The molecule has 0 N–H and O–H groups in total. The van der Waals surface area contributed by atoms with Crippen molar-refractivity contribution in [1.29, 1.82) is 0 Å². The fraction of sp³-hybridized carbons (Fsp3) is 0.714. The zero-order valence-corrected chi connectivity index (χ0v) is 11.9. The van der Waals surface area contributed by atoms with E-state index >= 15 is 0 Å². The Labute approximate surface area is 114 Å². The van der Waals surface area contributed by atoms with E-state index in [1.807, 2.05) is 0 Å². The molecule has 1 aliphatic heterocycles. The fourth-order valence-electron chi connectivity index (χ4n) is 2.73. The summed E-state index contributed by atoms with van der Waals surface area (Å²) in [6, 6.07) is 0.777.